The van der Waals surface area contributed by atoms with Crippen molar-refractivity contribution in [3.05, 3.63) is 35.9 Å². The Morgan fingerprint density at radius 2 is 1.95 bits per heavy atom. The van der Waals surface area contributed by atoms with Crippen molar-refractivity contribution in [2.75, 3.05) is 7.05 Å². The maximum Gasteiger partial charge on any atom is 0.410 e. The van der Waals surface area contributed by atoms with Gasteiger partial charge in [-0.15, -0.1) is 0 Å². The number of carboxylic acid groups (broad SMARTS) is 1. The lowest BCUT2D eigenvalue weighted by Crippen LogP contribution is -2.40. The fourth-order valence-corrected chi connectivity index (χ4v) is 2.07. The molecule has 19 heavy (non-hydrogen) atoms. The molecule has 0 aliphatic heterocycles. The van der Waals surface area contributed by atoms with E-state index in [0.29, 0.717) is 0 Å². The van der Waals surface area contributed by atoms with E-state index in [4.69, 9.17) is 9.84 Å². The third-order valence-electron chi connectivity index (χ3n) is 3.50. The monoisotopic (exact) mass is 263 g/mol. The van der Waals surface area contributed by atoms with Gasteiger partial charge in [0, 0.05) is 7.05 Å². The van der Waals surface area contributed by atoms with Gasteiger partial charge in [-0.2, -0.15) is 0 Å². The van der Waals surface area contributed by atoms with Crippen LogP contribution in [0.3, 0.4) is 0 Å². The summed E-state index contributed by atoms with van der Waals surface area (Å²) in [5.74, 6) is -0.889. The molecule has 102 valence electrons. The van der Waals surface area contributed by atoms with Gasteiger partial charge in [-0.25, -0.2) is 4.79 Å². The lowest BCUT2D eigenvalue weighted by atomic mass is 10.1. The largest absolute Gasteiger partial charge is 0.481 e. The van der Waals surface area contributed by atoms with Gasteiger partial charge < -0.3 is 14.7 Å². The van der Waals surface area contributed by atoms with E-state index in [2.05, 4.69) is 0 Å². The van der Waals surface area contributed by atoms with Gasteiger partial charge in [0.05, 0.1) is 12.0 Å². The standard InChI is InChI=1S/C14H17NO4/c1-15(14(7-8-14)9-12(16)17)13(18)19-10-11-5-3-2-4-6-11/h2-6H,7-10H2,1H3,(H,16,17). The summed E-state index contributed by atoms with van der Waals surface area (Å²) in [6.45, 7) is 0.202. The number of ether oxygens (including phenoxy) is 1. The zero-order chi connectivity index (χ0) is 13.9. The highest BCUT2D eigenvalue weighted by atomic mass is 16.6. The minimum atomic E-state index is -0.889. The highest BCUT2D eigenvalue weighted by molar-refractivity contribution is 5.73. The van der Waals surface area contributed by atoms with E-state index in [1.165, 1.54) is 4.90 Å². The van der Waals surface area contributed by atoms with Gasteiger partial charge in [0.15, 0.2) is 0 Å². The molecule has 5 heteroatoms. The van der Waals surface area contributed by atoms with E-state index in [1.54, 1.807) is 7.05 Å². The van der Waals surface area contributed by atoms with Crippen LogP contribution in [-0.4, -0.2) is 34.7 Å². The summed E-state index contributed by atoms with van der Waals surface area (Å²) in [7, 11) is 1.60. The molecule has 0 aromatic heterocycles. The van der Waals surface area contributed by atoms with Gasteiger partial charge in [0.25, 0.3) is 0 Å². The molecule has 0 saturated heterocycles. The second kappa shape index (κ2) is 5.30. The minimum Gasteiger partial charge on any atom is -0.481 e. The number of carboxylic acids is 1. The predicted octanol–water partition coefficient (Wildman–Crippen LogP) is 2.26. The summed E-state index contributed by atoms with van der Waals surface area (Å²) in [6, 6.07) is 9.39. The number of benzene rings is 1. The number of rotatable bonds is 5. The molecular weight excluding hydrogens is 246 g/mol. The topological polar surface area (TPSA) is 66.8 Å². The Balaban J connectivity index is 1.88. The Bertz CT molecular complexity index is 468. The van der Waals surface area contributed by atoms with E-state index in [-0.39, 0.29) is 13.0 Å². The third-order valence-corrected chi connectivity index (χ3v) is 3.50. The summed E-state index contributed by atoms with van der Waals surface area (Å²) in [4.78, 5) is 24.1. The second-order valence-electron chi connectivity index (χ2n) is 4.89. The number of carbonyl (C=O) groups excluding carboxylic acids is 1. The molecule has 2 rings (SSSR count). The number of hydrogen-bond donors (Lipinski definition) is 1. The van der Waals surface area contributed by atoms with Crippen molar-refractivity contribution in [2.45, 2.75) is 31.4 Å². The van der Waals surface area contributed by atoms with Crippen molar-refractivity contribution in [3.8, 4) is 0 Å². The Hall–Kier alpha value is -2.04. The molecule has 5 nitrogen and oxygen atoms in total. The molecule has 1 aromatic rings. The van der Waals surface area contributed by atoms with Gasteiger partial charge >= 0.3 is 12.1 Å². The van der Waals surface area contributed by atoms with Crippen LogP contribution in [0.1, 0.15) is 24.8 Å². The summed E-state index contributed by atoms with van der Waals surface area (Å²) >= 11 is 0. The van der Waals surface area contributed by atoms with Crippen LogP contribution in [0.25, 0.3) is 0 Å². The van der Waals surface area contributed by atoms with Crippen molar-refractivity contribution >= 4 is 12.1 Å². The Kier molecular flexibility index (Phi) is 3.74. The van der Waals surface area contributed by atoms with Gasteiger partial charge in [0.2, 0.25) is 0 Å². The fourth-order valence-electron chi connectivity index (χ4n) is 2.07. The average molecular weight is 263 g/mol. The quantitative estimate of drug-likeness (QED) is 0.884. The molecule has 0 unspecified atom stereocenters. The smallest absolute Gasteiger partial charge is 0.410 e. The summed E-state index contributed by atoms with van der Waals surface area (Å²) in [6.07, 6.45) is 0.943. The highest BCUT2D eigenvalue weighted by Gasteiger charge is 2.50. The first-order valence-corrected chi connectivity index (χ1v) is 6.20. The van der Waals surface area contributed by atoms with Crippen LogP contribution in [0.2, 0.25) is 0 Å². The maximum atomic E-state index is 11.9. The maximum absolute atomic E-state index is 11.9. The van der Waals surface area contributed by atoms with Crippen LogP contribution in [0.4, 0.5) is 4.79 Å². The van der Waals surface area contributed by atoms with Gasteiger partial charge in [0.1, 0.15) is 6.61 Å². The van der Waals surface area contributed by atoms with Crippen molar-refractivity contribution in [1.29, 1.82) is 0 Å². The van der Waals surface area contributed by atoms with Gasteiger partial charge in [-0.1, -0.05) is 30.3 Å². The van der Waals surface area contributed by atoms with E-state index >= 15 is 0 Å². The van der Waals surface area contributed by atoms with E-state index in [9.17, 15) is 9.59 Å². The third kappa shape index (κ3) is 3.24. The Morgan fingerprint density at radius 1 is 1.32 bits per heavy atom. The molecule has 0 bridgehead atoms. The lowest BCUT2D eigenvalue weighted by molar-refractivity contribution is -0.138. The van der Waals surface area contributed by atoms with Crippen molar-refractivity contribution in [2.24, 2.45) is 0 Å². The molecule has 0 radical (unpaired) electrons. The highest BCUT2D eigenvalue weighted by Crippen LogP contribution is 2.44. The first-order valence-electron chi connectivity index (χ1n) is 6.20. The molecule has 1 amide bonds. The minimum absolute atomic E-state index is 0.0239. The second-order valence-corrected chi connectivity index (χ2v) is 4.89. The molecule has 0 heterocycles. The van der Waals surface area contributed by atoms with Crippen molar-refractivity contribution < 1.29 is 19.4 Å². The van der Waals surface area contributed by atoms with E-state index in [0.717, 1.165) is 18.4 Å². The molecule has 1 aromatic carbocycles. The zero-order valence-corrected chi connectivity index (χ0v) is 10.8. The SMILES string of the molecule is CN(C(=O)OCc1ccccc1)C1(CC(=O)O)CC1. The number of aliphatic carboxylic acids is 1. The first kappa shape index (κ1) is 13.4. The van der Waals surface area contributed by atoms with Crippen LogP contribution in [0.15, 0.2) is 30.3 Å². The van der Waals surface area contributed by atoms with E-state index in [1.807, 2.05) is 30.3 Å². The van der Waals surface area contributed by atoms with Crippen molar-refractivity contribution in [3.63, 3.8) is 0 Å². The van der Waals surface area contributed by atoms with Crippen LogP contribution in [0, 0.1) is 0 Å². The molecular formula is C14H17NO4. The molecule has 1 fully saturated rings. The molecule has 1 aliphatic carbocycles. The molecule has 1 N–H and O–H groups in total. The summed E-state index contributed by atoms with van der Waals surface area (Å²) in [5, 5.41) is 8.85. The van der Waals surface area contributed by atoms with Crippen LogP contribution < -0.4 is 0 Å². The van der Waals surface area contributed by atoms with Crippen LogP contribution in [-0.2, 0) is 16.1 Å². The number of amides is 1. The lowest BCUT2D eigenvalue weighted by Gasteiger charge is -2.26. The van der Waals surface area contributed by atoms with Crippen LogP contribution in [0.5, 0.6) is 0 Å². The number of hydrogen-bond acceptors (Lipinski definition) is 3. The zero-order valence-electron chi connectivity index (χ0n) is 10.8. The molecule has 1 aliphatic rings. The molecule has 0 spiro atoms. The van der Waals surface area contributed by atoms with Crippen LogP contribution >= 0.6 is 0 Å². The molecule has 0 atom stereocenters. The Morgan fingerprint density at radius 3 is 2.47 bits per heavy atom. The van der Waals surface area contributed by atoms with Gasteiger partial charge in [-0.05, 0) is 18.4 Å². The Labute approximate surface area is 111 Å². The fraction of sp³-hybridized carbons (Fsp3) is 0.429. The normalized spacial score (nSPS) is 15.6. The predicted molar refractivity (Wildman–Crippen MR) is 68.6 cm³/mol. The summed E-state index contributed by atoms with van der Waals surface area (Å²) < 4.78 is 5.19. The summed E-state index contributed by atoms with van der Waals surface area (Å²) in [5.41, 5.74) is 0.368. The van der Waals surface area contributed by atoms with E-state index < -0.39 is 17.6 Å². The van der Waals surface area contributed by atoms with Gasteiger partial charge in [-0.3, -0.25) is 4.79 Å². The first-order chi connectivity index (χ1) is 9.03. The number of nitrogens with zero attached hydrogens (tertiary/aromatic N) is 1. The number of carbonyl (C=O) groups is 2. The molecule has 1 saturated carbocycles. The van der Waals surface area contributed by atoms with Crippen molar-refractivity contribution in [1.82, 2.24) is 4.90 Å². The average Bonchev–Trinajstić information content (AvgIpc) is 3.16.